The molecule has 4 aromatic rings. The molecule has 4 aromatic carbocycles. The molecule has 182 valence electrons. The van der Waals surface area contributed by atoms with Crippen LogP contribution >= 0.6 is 0 Å². The van der Waals surface area contributed by atoms with Gasteiger partial charge in [0.15, 0.2) is 0 Å². The summed E-state index contributed by atoms with van der Waals surface area (Å²) >= 11 is 0. The van der Waals surface area contributed by atoms with Gasteiger partial charge in [-0.1, -0.05) is 91.0 Å². The summed E-state index contributed by atoms with van der Waals surface area (Å²) in [6.45, 7) is 5.07. The molecule has 0 unspecified atom stereocenters. The fourth-order valence-corrected chi connectivity index (χ4v) is 4.70. The number of benzene rings is 4. The summed E-state index contributed by atoms with van der Waals surface area (Å²) in [5.74, 6) is 0. The highest BCUT2D eigenvalue weighted by molar-refractivity contribution is 5.89. The molecule has 0 aliphatic carbocycles. The highest BCUT2D eigenvalue weighted by Crippen LogP contribution is 2.22. The van der Waals surface area contributed by atoms with Gasteiger partial charge in [-0.05, 0) is 41.0 Å². The Morgan fingerprint density at radius 3 is 1.75 bits per heavy atom. The van der Waals surface area contributed by atoms with Crippen LogP contribution in [0.4, 0.5) is 16.2 Å². The quantitative estimate of drug-likeness (QED) is 0.348. The normalized spacial score (nSPS) is 14.0. The molecule has 1 aliphatic heterocycles. The van der Waals surface area contributed by atoms with E-state index in [1.54, 1.807) is 0 Å². The number of hydrogen-bond donors (Lipinski definition) is 2. The van der Waals surface area contributed by atoms with E-state index in [0.29, 0.717) is 0 Å². The third kappa shape index (κ3) is 6.12. The lowest BCUT2D eigenvalue weighted by molar-refractivity contribution is 0.249. The Labute approximate surface area is 213 Å². The van der Waals surface area contributed by atoms with Gasteiger partial charge in [0, 0.05) is 44.1 Å². The van der Waals surface area contributed by atoms with E-state index in [1.807, 2.05) is 72.8 Å². The van der Waals surface area contributed by atoms with Crippen LogP contribution in [0.25, 0.3) is 0 Å². The predicted octanol–water partition coefficient (Wildman–Crippen LogP) is 5.92. The summed E-state index contributed by atoms with van der Waals surface area (Å²) in [7, 11) is 0. The van der Waals surface area contributed by atoms with Crippen molar-refractivity contribution in [3.8, 4) is 0 Å². The van der Waals surface area contributed by atoms with Crippen LogP contribution in [-0.4, -0.2) is 37.1 Å². The van der Waals surface area contributed by atoms with Gasteiger partial charge >= 0.3 is 6.03 Å². The van der Waals surface area contributed by atoms with E-state index in [9.17, 15) is 4.79 Å². The van der Waals surface area contributed by atoms with Crippen molar-refractivity contribution < 1.29 is 4.79 Å². The zero-order valence-electron chi connectivity index (χ0n) is 20.4. The SMILES string of the molecule is O=C(Nc1ccc(CN2CCN(c3ccccc3)CC2)cc1)NC(c1ccccc1)c1ccccc1. The third-order valence-corrected chi connectivity index (χ3v) is 6.65. The molecule has 0 atom stereocenters. The second-order valence-corrected chi connectivity index (χ2v) is 9.15. The van der Waals surface area contributed by atoms with Crippen LogP contribution in [0.2, 0.25) is 0 Å². The Morgan fingerprint density at radius 1 is 0.667 bits per heavy atom. The van der Waals surface area contributed by atoms with Crippen molar-refractivity contribution >= 4 is 17.4 Å². The number of rotatable bonds is 7. The van der Waals surface area contributed by atoms with E-state index in [-0.39, 0.29) is 12.1 Å². The summed E-state index contributed by atoms with van der Waals surface area (Å²) < 4.78 is 0. The van der Waals surface area contributed by atoms with Crippen molar-refractivity contribution in [3.05, 3.63) is 132 Å². The number of piperazine rings is 1. The van der Waals surface area contributed by atoms with Crippen LogP contribution in [0.15, 0.2) is 115 Å². The lowest BCUT2D eigenvalue weighted by Crippen LogP contribution is -2.45. The van der Waals surface area contributed by atoms with Crippen LogP contribution in [0.3, 0.4) is 0 Å². The molecular weight excluding hydrogens is 444 g/mol. The van der Waals surface area contributed by atoms with Crippen LogP contribution < -0.4 is 15.5 Å². The molecular formula is C31H32N4O. The Kier molecular flexibility index (Phi) is 7.59. The van der Waals surface area contributed by atoms with Gasteiger partial charge in [-0.25, -0.2) is 4.79 Å². The number of nitrogens with one attached hydrogen (secondary N) is 2. The minimum Gasteiger partial charge on any atom is -0.369 e. The molecule has 0 radical (unpaired) electrons. The average molecular weight is 477 g/mol. The molecule has 1 fully saturated rings. The number of nitrogens with zero attached hydrogens (tertiary/aromatic N) is 2. The first-order valence-electron chi connectivity index (χ1n) is 12.5. The molecule has 5 heteroatoms. The van der Waals surface area contributed by atoms with E-state index in [1.165, 1.54) is 11.3 Å². The molecule has 0 saturated carbocycles. The van der Waals surface area contributed by atoms with Crippen molar-refractivity contribution in [2.45, 2.75) is 12.6 Å². The van der Waals surface area contributed by atoms with Crippen LogP contribution in [0.5, 0.6) is 0 Å². The molecule has 2 N–H and O–H groups in total. The number of hydrogen-bond acceptors (Lipinski definition) is 3. The lowest BCUT2D eigenvalue weighted by Gasteiger charge is -2.36. The molecule has 5 rings (SSSR count). The maximum Gasteiger partial charge on any atom is 0.319 e. The van der Waals surface area contributed by atoms with Crippen LogP contribution in [0.1, 0.15) is 22.7 Å². The van der Waals surface area contributed by atoms with Gasteiger partial charge in [0.2, 0.25) is 0 Å². The second kappa shape index (κ2) is 11.6. The van der Waals surface area contributed by atoms with E-state index >= 15 is 0 Å². The number of amides is 2. The number of urea groups is 1. The number of carbonyl (C=O) groups is 1. The molecule has 1 aliphatic rings. The molecule has 1 saturated heterocycles. The topological polar surface area (TPSA) is 47.6 Å². The van der Waals surface area contributed by atoms with Crippen LogP contribution in [0, 0.1) is 0 Å². The highest BCUT2D eigenvalue weighted by atomic mass is 16.2. The zero-order chi connectivity index (χ0) is 24.6. The molecule has 1 heterocycles. The monoisotopic (exact) mass is 476 g/mol. The number of anilines is 2. The van der Waals surface area contributed by atoms with Crippen molar-refractivity contribution in [1.29, 1.82) is 0 Å². The van der Waals surface area contributed by atoms with Crippen molar-refractivity contribution in [2.24, 2.45) is 0 Å². The summed E-state index contributed by atoms with van der Waals surface area (Å²) in [5, 5.41) is 6.13. The van der Waals surface area contributed by atoms with Gasteiger partial charge in [0.25, 0.3) is 0 Å². The third-order valence-electron chi connectivity index (χ3n) is 6.65. The predicted molar refractivity (Wildman–Crippen MR) is 147 cm³/mol. The first-order valence-corrected chi connectivity index (χ1v) is 12.5. The smallest absolute Gasteiger partial charge is 0.319 e. The van der Waals surface area contributed by atoms with Gasteiger partial charge in [0.05, 0.1) is 6.04 Å². The summed E-state index contributed by atoms with van der Waals surface area (Å²) in [6, 6.07) is 38.4. The fraction of sp³-hybridized carbons (Fsp3) is 0.194. The van der Waals surface area contributed by atoms with Crippen molar-refractivity contribution in [2.75, 3.05) is 36.4 Å². The number of para-hydroxylation sites is 1. The molecule has 0 aromatic heterocycles. The van der Waals surface area contributed by atoms with E-state index < -0.39 is 0 Å². The van der Waals surface area contributed by atoms with E-state index in [0.717, 1.165) is 49.5 Å². The summed E-state index contributed by atoms with van der Waals surface area (Å²) in [6.07, 6.45) is 0. The summed E-state index contributed by atoms with van der Waals surface area (Å²) in [5.41, 5.74) is 5.42. The zero-order valence-corrected chi connectivity index (χ0v) is 20.4. The Bertz CT molecular complexity index is 1180. The Morgan fingerprint density at radius 2 is 1.19 bits per heavy atom. The highest BCUT2D eigenvalue weighted by Gasteiger charge is 2.18. The summed E-state index contributed by atoms with van der Waals surface area (Å²) in [4.78, 5) is 17.8. The van der Waals surface area contributed by atoms with Gasteiger partial charge < -0.3 is 15.5 Å². The Balaban J connectivity index is 1.15. The standard InChI is InChI=1S/C31H32N4O/c36-31(33-30(26-10-4-1-5-11-26)27-12-6-2-7-13-27)32-28-18-16-25(17-19-28)24-34-20-22-35(23-21-34)29-14-8-3-9-15-29/h1-19,30H,20-24H2,(H2,32,33,36). The van der Waals surface area contributed by atoms with Crippen LogP contribution in [-0.2, 0) is 6.54 Å². The first-order chi connectivity index (χ1) is 17.7. The lowest BCUT2D eigenvalue weighted by atomic mass is 9.99. The first kappa shape index (κ1) is 23.6. The fourth-order valence-electron chi connectivity index (χ4n) is 4.70. The molecule has 0 spiro atoms. The van der Waals surface area contributed by atoms with Gasteiger partial charge in [-0.15, -0.1) is 0 Å². The maximum absolute atomic E-state index is 12.9. The molecule has 5 nitrogen and oxygen atoms in total. The van der Waals surface area contributed by atoms with Gasteiger partial charge in [0.1, 0.15) is 0 Å². The maximum atomic E-state index is 12.9. The van der Waals surface area contributed by atoms with Gasteiger partial charge in [-0.3, -0.25) is 4.90 Å². The number of carbonyl (C=O) groups excluding carboxylic acids is 1. The second-order valence-electron chi connectivity index (χ2n) is 9.15. The molecule has 0 bridgehead atoms. The minimum atomic E-state index is -0.225. The van der Waals surface area contributed by atoms with E-state index in [2.05, 4.69) is 62.9 Å². The average Bonchev–Trinajstić information content (AvgIpc) is 2.95. The van der Waals surface area contributed by atoms with Gasteiger partial charge in [-0.2, -0.15) is 0 Å². The van der Waals surface area contributed by atoms with Crippen molar-refractivity contribution in [1.82, 2.24) is 10.2 Å². The largest absolute Gasteiger partial charge is 0.369 e. The van der Waals surface area contributed by atoms with Crippen molar-refractivity contribution in [3.63, 3.8) is 0 Å². The minimum absolute atomic E-state index is 0.221. The molecule has 2 amide bonds. The molecule has 36 heavy (non-hydrogen) atoms. The Hall–Kier alpha value is -4.09. The van der Waals surface area contributed by atoms with E-state index in [4.69, 9.17) is 0 Å².